The minimum atomic E-state index is -1.22. The van der Waals surface area contributed by atoms with Gasteiger partial charge in [-0.3, -0.25) is 10.4 Å². The first-order valence-electron chi connectivity index (χ1n) is 9.97. The Bertz CT molecular complexity index is 1430. The maximum atomic E-state index is 12.9. The SMILES string of the molecule is COc1ccc2c3c(ccc2c1)C1(OC(=O)c2ccccc21)c1ccc(N(O)O)cc1O3. The molecule has 1 spiro atoms. The van der Waals surface area contributed by atoms with Crippen LogP contribution >= 0.6 is 0 Å². The van der Waals surface area contributed by atoms with Crippen molar-refractivity contribution in [1.29, 1.82) is 0 Å². The molecule has 0 saturated heterocycles. The quantitative estimate of drug-likeness (QED) is 0.344. The van der Waals surface area contributed by atoms with E-state index in [0.29, 0.717) is 39.5 Å². The molecule has 158 valence electrons. The molecule has 2 heterocycles. The van der Waals surface area contributed by atoms with Gasteiger partial charge in [0.05, 0.1) is 18.4 Å². The fraction of sp³-hybridized carbons (Fsp3) is 0.0800. The van der Waals surface area contributed by atoms with E-state index in [1.54, 1.807) is 25.3 Å². The van der Waals surface area contributed by atoms with Crippen molar-refractivity contribution in [1.82, 2.24) is 0 Å². The molecular weight excluding hydrogens is 410 g/mol. The van der Waals surface area contributed by atoms with Gasteiger partial charge in [0.25, 0.3) is 0 Å². The summed E-state index contributed by atoms with van der Waals surface area (Å²) >= 11 is 0. The summed E-state index contributed by atoms with van der Waals surface area (Å²) in [4.78, 5) is 12.9. The second-order valence-corrected chi connectivity index (χ2v) is 7.72. The lowest BCUT2D eigenvalue weighted by molar-refractivity contribution is 0.0215. The van der Waals surface area contributed by atoms with Crippen LogP contribution in [-0.4, -0.2) is 23.5 Å². The Morgan fingerprint density at radius 3 is 2.53 bits per heavy atom. The highest BCUT2D eigenvalue weighted by Gasteiger charge is 2.53. The number of methoxy groups -OCH3 is 1. The summed E-state index contributed by atoms with van der Waals surface area (Å²) in [5.41, 5.74) is 1.37. The number of carbonyl (C=O) groups is 1. The van der Waals surface area contributed by atoms with Crippen molar-refractivity contribution in [2.24, 2.45) is 0 Å². The van der Waals surface area contributed by atoms with Crippen molar-refractivity contribution in [3.8, 4) is 17.2 Å². The summed E-state index contributed by atoms with van der Waals surface area (Å²) in [5.74, 6) is 1.17. The monoisotopic (exact) mass is 427 g/mol. The Morgan fingerprint density at radius 2 is 1.72 bits per heavy atom. The fourth-order valence-electron chi connectivity index (χ4n) is 4.68. The van der Waals surface area contributed by atoms with Crippen molar-refractivity contribution >= 4 is 22.4 Å². The lowest BCUT2D eigenvalue weighted by Gasteiger charge is -2.37. The maximum absolute atomic E-state index is 12.9. The summed E-state index contributed by atoms with van der Waals surface area (Å²) in [5, 5.41) is 20.8. The molecule has 1 atom stereocenters. The van der Waals surface area contributed by atoms with Crippen molar-refractivity contribution in [2.45, 2.75) is 5.60 Å². The van der Waals surface area contributed by atoms with Gasteiger partial charge in [0, 0.05) is 28.1 Å². The normalized spacial score (nSPS) is 17.9. The molecule has 6 rings (SSSR count). The lowest BCUT2D eigenvalue weighted by atomic mass is 9.77. The van der Waals surface area contributed by atoms with Gasteiger partial charge in [0.1, 0.15) is 17.2 Å². The molecular formula is C25H17NO6. The third-order valence-electron chi connectivity index (χ3n) is 6.12. The summed E-state index contributed by atoms with van der Waals surface area (Å²) in [6.07, 6.45) is 0. The Hall–Kier alpha value is -4.07. The average Bonchev–Trinajstić information content (AvgIpc) is 3.11. The first kappa shape index (κ1) is 18.7. The zero-order valence-electron chi connectivity index (χ0n) is 16.9. The highest BCUT2D eigenvalue weighted by atomic mass is 16.8. The second kappa shape index (κ2) is 6.46. The van der Waals surface area contributed by atoms with Crippen LogP contribution < -0.4 is 14.7 Å². The number of esters is 1. The molecule has 7 nitrogen and oxygen atoms in total. The summed E-state index contributed by atoms with van der Waals surface area (Å²) < 4.78 is 17.8. The second-order valence-electron chi connectivity index (χ2n) is 7.72. The number of ether oxygens (including phenoxy) is 3. The van der Waals surface area contributed by atoms with Crippen molar-refractivity contribution < 1.29 is 29.4 Å². The van der Waals surface area contributed by atoms with Crippen molar-refractivity contribution in [2.75, 3.05) is 12.3 Å². The van der Waals surface area contributed by atoms with Gasteiger partial charge in [-0.25, -0.2) is 4.79 Å². The number of benzene rings is 4. The van der Waals surface area contributed by atoms with E-state index in [1.807, 2.05) is 42.5 Å². The highest BCUT2D eigenvalue weighted by Crippen LogP contribution is 2.57. The largest absolute Gasteiger partial charge is 0.497 e. The smallest absolute Gasteiger partial charge is 0.340 e. The first-order valence-corrected chi connectivity index (χ1v) is 9.97. The Labute approximate surface area is 182 Å². The van der Waals surface area contributed by atoms with Crippen LogP contribution in [0.15, 0.2) is 72.8 Å². The zero-order chi connectivity index (χ0) is 22.0. The summed E-state index contributed by atoms with van der Waals surface area (Å²) in [6, 6.07) is 21.4. The van der Waals surface area contributed by atoms with Crippen LogP contribution in [0.25, 0.3) is 10.8 Å². The van der Waals surface area contributed by atoms with E-state index in [1.165, 1.54) is 12.1 Å². The van der Waals surface area contributed by atoms with Crippen LogP contribution in [0.4, 0.5) is 5.69 Å². The standard InChI is InChI=1S/C25H17NO6/c1-30-16-8-9-17-14(12-16)6-10-21-23(17)31-22-13-15(26(28)29)7-11-20(22)25(21)19-5-3-2-4-18(19)24(27)32-25/h2-13,28-29H,1H3. The number of hydrogen-bond donors (Lipinski definition) is 2. The average molecular weight is 427 g/mol. The summed E-state index contributed by atoms with van der Waals surface area (Å²) in [6.45, 7) is 0. The molecule has 0 amide bonds. The number of nitrogens with zero attached hydrogens (tertiary/aromatic N) is 1. The maximum Gasteiger partial charge on any atom is 0.340 e. The Balaban J connectivity index is 1.71. The topological polar surface area (TPSA) is 88.5 Å². The molecule has 0 fully saturated rings. The summed E-state index contributed by atoms with van der Waals surface area (Å²) in [7, 11) is 1.60. The van der Waals surface area contributed by atoms with Gasteiger partial charge in [0.2, 0.25) is 0 Å². The van der Waals surface area contributed by atoms with Gasteiger partial charge < -0.3 is 14.2 Å². The van der Waals surface area contributed by atoms with E-state index in [9.17, 15) is 15.2 Å². The van der Waals surface area contributed by atoms with Gasteiger partial charge in [0.15, 0.2) is 5.60 Å². The minimum Gasteiger partial charge on any atom is -0.497 e. The molecule has 4 aromatic carbocycles. The van der Waals surface area contributed by atoms with Crippen LogP contribution in [0.5, 0.6) is 17.2 Å². The Morgan fingerprint density at radius 1 is 0.906 bits per heavy atom. The van der Waals surface area contributed by atoms with Gasteiger partial charge in [-0.2, -0.15) is 0 Å². The van der Waals surface area contributed by atoms with E-state index >= 15 is 0 Å². The number of fused-ring (bicyclic) bond motifs is 8. The van der Waals surface area contributed by atoms with Gasteiger partial charge in [-0.05, 0) is 47.9 Å². The molecule has 4 aromatic rings. The predicted octanol–water partition coefficient (Wildman–Crippen LogP) is 5.00. The molecule has 2 N–H and O–H groups in total. The Kier molecular flexibility index (Phi) is 3.77. The first-order chi connectivity index (χ1) is 15.5. The molecule has 32 heavy (non-hydrogen) atoms. The van der Waals surface area contributed by atoms with Gasteiger partial charge in [-0.15, -0.1) is 5.23 Å². The van der Waals surface area contributed by atoms with Crippen LogP contribution in [0.3, 0.4) is 0 Å². The zero-order valence-corrected chi connectivity index (χ0v) is 16.9. The van der Waals surface area contributed by atoms with Crippen molar-refractivity contribution in [3.63, 3.8) is 0 Å². The predicted molar refractivity (Wildman–Crippen MR) is 115 cm³/mol. The minimum absolute atomic E-state index is 0.0222. The van der Waals surface area contributed by atoms with E-state index in [2.05, 4.69) is 0 Å². The van der Waals surface area contributed by atoms with Gasteiger partial charge >= 0.3 is 5.97 Å². The molecule has 0 bridgehead atoms. The van der Waals surface area contributed by atoms with Crippen LogP contribution in [0, 0.1) is 0 Å². The van der Waals surface area contributed by atoms with Gasteiger partial charge in [-0.1, -0.05) is 24.3 Å². The van der Waals surface area contributed by atoms with Crippen molar-refractivity contribution in [3.05, 3.63) is 95.1 Å². The highest BCUT2D eigenvalue weighted by molar-refractivity contribution is 5.99. The molecule has 2 aliphatic heterocycles. The van der Waals surface area contributed by atoms with Crippen LogP contribution in [0.2, 0.25) is 0 Å². The van der Waals surface area contributed by atoms with Crippen LogP contribution in [0.1, 0.15) is 27.0 Å². The molecule has 2 aliphatic rings. The number of hydrogen-bond acceptors (Lipinski definition) is 7. The van der Waals surface area contributed by atoms with Crippen LogP contribution in [-0.2, 0) is 10.3 Å². The molecule has 0 saturated carbocycles. The fourth-order valence-corrected chi connectivity index (χ4v) is 4.68. The molecule has 0 aliphatic carbocycles. The number of carbonyl (C=O) groups excluding carboxylic acids is 1. The van der Waals surface area contributed by atoms with E-state index in [4.69, 9.17) is 14.2 Å². The molecule has 0 radical (unpaired) electrons. The number of rotatable bonds is 2. The van der Waals surface area contributed by atoms with E-state index in [0.717, 1.165) is 10.8 Å². The lowest BCUT2D eigenvalue weighted by Crippen LogP contribution is -2.33. The number of anilines is 1. The molecule has 0 aromatic heterocycles. The third kappa shape index (κ3) is 2.34. The molecule has 1 unspecified atom stereocenters. The molecule has 7 heteroatoms. The van der Waals surface area contributed by atoms with E-state index in [-0.39, 0.29) is 10.9 Å². The van der Waals surface area contributed by atoms with E-state index < -0.39 is 11.6 Å². The third-order valence-corrected chi connectivity index (χ3v) is 6.12.